The van der Waals surface area contributed by atoms with Crippen LogP contribution in [0.1, 0.15) is 28.5 Å². The molecule has 1 fully saturated rings. The molecule has 0 radical (unpaired) electrons. The van der Waals surface area contributed by atoms with Crippen LogP contribution in [0.15, 0.2) is 18.3 Å². The van der Waals surface area contributed by atoms with Gasteiger partial charge in [-0.2, -0.15) is 0 Å². The average Bonchev–Trinajstić information content (AvgIpc) is 3.03. The van der Waals surface area contributed by atoms with E-state index in [0.717, 1.165) is 25.3 Å². The number of carbonyl (C=O) groups is 1. The summed E-state index contributed by atoms with van der Waals surface area (Å²) in [5.74, 6) is 0.908. The van der Waals surface area contributed by atoms with Gasteiger partial charge in [0.15, 0.2) is 5.65 Å². The van der Waals surface area contributed by atoms with Crippen LogP contribution >= 0.6 is 0 Å². The molecule has 0 amide bonds. The highest BCUT2D eigenvalue weighted by Crippen LogP contribution is 2.25. The molecule has 6 heteroatoms. The van der Waals surface area contributed by atoms with Crippen molar-refractivity contribution in [2.24, 2.45) is 0 Å². The maximum absolute atomic E-state index is 11.7. The second-order valence-electron chi connectivity index (χ2n) is 4.91. The van der Waals surface area contributed by atoms with Crippen molar-refractivity contribution in [3.63, 3.8) is 0 Å². The molecule has 0 aliphatic carbocycles. The molecule has 1 aliphatic rings. The third-order valence-electron chi connectivity index (χ3n) is 3.62. The number of likely N-dealkylation sites (N-methyl/N-ethyl adjacent to an activating group) is 1. The number of pyridine rings is 1. The molecule has 2 aromatic heterocycles. The van der Waals surface area contributed by atoms with Gasteiger partial charge in [-0.3, -0.25) is 4.40 Å². The maximum Gasteiger partial charge on any atom is 0.341 e. The lowest BCUT2D eigenvalue weighted by molar-refractivity contribution is 0.0602. The molecule has 0 spiro atoms. The molecular formula is C13H16N4O2. The summed E-state index contributed by atoms with van der Waals surface area (Å²) in [6.07, 6.45) is 2.97. The molecule has 3 rings (SSSR count). The van der Waals surface area contributed by atoms with Crippen LogP contribution in [-0.4, -0.2) is 52.7 Å². The fourth-order valence-corrected chi connectivity index (χ4v) is 2.63. The van der Waals surface area contributed by atoms with Gasteiger partial charge >= 0.3 is 5.97 Å². The number of fused-ring (bicyclic) bond motifs is 1. The zero-order valence-electron chi connectivity index (χ0n) is 11.0. The Morgan fingerprint density at radius 2 is 2.32 bits per heavy atom. The zero-order valence-corrected chi connectivity index (χ0v) is 11.0. The first kappa shape index (κ1) is 12.1. The van der Waals surface area contributed by atoms with Gasteiger partial charge in [0.05, 0.1) is 7.11 Å². The number of esters is 1. The lowest BCUT2D eigenvalue weighted by atomic mass is 10.1. The molecule has 0 aromatic carbocycles. The fourth-order valence-electron chi connectivity index (χ4n) is 2.63. The predicted octanol–water partition coefficient (Wildman–Crippen LogP) is 0.935. The lowest BCUT2D eigenvalue weighted by Crippen LogP contribution is -2.14. The zero-order chi connectivity index (χ0) is 13.4. The van der Waals surface area contributed by atoms with Gasteiger partial charge < -0.3 is 9.64 Å². The first-order valence-electron chi connectivity index (χ1n) is 6.31. The van der Waals surface area contributed by atoms with Gasteiger partial charge in [-0.1, -0.05) is 0 Å². The van der Waals surface area contributed by atoms with Crippen LogP contribution in [0.25, 0.3) is 5.65 Å². The number of hydrogen-bond acceptors (Lipinski definition) is 5. The topological polar surface area (TPSA) is 59.7 Å². The van der Waals surface area contributed by atoms with Crippen LogP contribution in [0, 0.1) is 0 Å². The molecule has 1 saturated heterocycles. The Labute approximate surface area is 111 Å². The van der Waals surface area contributed by atoms with Gasteiger partial charge in [-0.05, 0) is 32.1 Å². The Morgan fingerprint density at radius 3 is 3.00 bits per heavy atom. The molecule has 0 N–H and O–H groups in total. The molecular weight excluding hydrogens is 244 g/mol. The first-order valence-corrected chi connectivity index (χ1v) is 6.31. The maximum atomic E-state index is 11.7. The monoisotopic (exact) mass is 260 g/mol. The van der Waals surface area contributed by atoms with Gasteiger partial charge in [0, 0.05) is 18.7 Å². The normalized spacial score (nSPS) is 20.0. The standard InChI is InChI=1S/C13H16N4O2/c1-16-7-5-9(8-16)11-14-15-12-10(13(18)19-2)4-3-6-17(11)12/h3-4,6,9H,5,7-8H2,1-2H3. The number of ether oxygens (including phenoxy) is 1. The Morgan fingerprint density at radius 1 is 1.47 bits per heavy atom. The van der Waals surface area contributed by atoms with E-state index >= 15 is 0 Å². The quantitative estimate of drug-likeness (QED) is 0.752. The molecule has 19 heavy (non-hydrogen) atoms. The average molecular weight is 260 g/mol. The summed E-state index contributed by atoms with van der Waals surface area (Å²) < 4.78 is 6.67. The van der Waals surface area contributed by atoms with E-state index in [2.05, 4.69) is 22.1 Å². The third kappa shape index (κ3) is 1.98. The largest absolute Gasteiger partial charge is 0.465 e. The van der Waals surface area contributed by atoms with Crippen molar-refractivity contribution in [2.75, 3.05) is 27.2 Å². The van der Waals surface area contributed by atoms with E-state index < -0.39 is 0 Å². The summed E-state index contributed by atoms with van der Waals surface area (Å²) >= 11 is 0. The van der Waals surface area contributed by atoms with Gasteiger partial charge in [0.2, 0.25) is 0 Å². The van der Waals surface area contributed by atoms with Crippen molar-refractivity contribution in [2.45, 2.75) is 12.3 Å². The molecule has 1 aliphatic heterocycles. The molecule has 2 aromatic rings. The van der Waals surface area contributed by atoms with E-state index in [9.17, 15) is 4.79 Å². The SMILES string of the molecule is COC(=O)c1cccn2c(C3CCN(C)C3)nnc12. The number of rotatable bonds is 2. The molecule has 0 bridgehead atoms. The van der Waals surface area contributed by atoms with Crippen molar-refractivity contribution in [3.8, 4) is 0 Å². The van der Waals surface area contributed by atoms with E-state index in [-0.39, 0.29) is 5.97 Å². The van der Waals surface area contributed by atoms with E-state index in [1.54, 1.807) is 6.07 Å². The van der Waals surface area contributed by atoms with Crippen LogP contribution in [0.2, 0.25) is 0 Å². The van der Waals surface area contributed by atoms with E-state index in [0.29, 0.717) is 17.1 Å². The minimum Gasteiger partial charge on any atom is -0.465 e. The Kier molecular flexibility index (Phi) is 2.94. The molecule has 0 saturated carbocycles. The number of methoxy groups -OCH3 is 1. The smallest absolute Gasteiger partial charge is 0.341 e. The van der Waals surface area contributed by atoms with Gasteiger partial charge in [0.25, 0.3) is 0 Å². The van der Waals surface area contributed by atoms with Crippen LogP contribution in [-0.2, 0) is 4.74 Å². The lowest BCUT2D eigenvalue weighted by Gasteiger charge is -2.09. The molecule has 100 valence electrons. The summed E-state index contributed by atoms with van der Waals surface area (Å²) in [5.41, 5.74) is 1.02. The molecule has 6 nitrogen and oxygen atoms in total. The number of carbonyl (C=O) groups excluding carboxylic acids is 1. The van der Waals surface area contributed by atoms with Crippen molar-refractivity contribution in [3.05, 3.63) is 29.7 Å². The second-order valence-corrected chi connectivity index (χ2v) is 4.91. The Balaban J connectivity index is 2.06. The van der Waals surface area contributed by atoms with E-state index in [4.69, 9.17) is 4.74 Å². The van der Waals surface area contributed by atoms with E-state index in [1.807, 2.05) is 16.7 Å². The first-order chi connectivity index (χ1) is 9.20. The highest BCUT2D eigenvalue weighted by atomic mass is 16.5. The summed E-state index contributed by atoms with van der Waals surface area (Å²) in [7, 11) is 3.47. The van der Waals surface area contributed by atoms with E-state index in [1.165, 1.54) is 7.11 Å². The summed E-state index contributed by atoms with van der Waals surface area (Å²) in [4.78, 5) is 14.0. The number of hydrogen-bond donors (Lipinski definition) is 0. The van der Waals surface area contributed by atoms with Crippen LogP contribution in [0.3, 0.4) is 0 Å². The van der Waals surface area contributed by atoms with Crippen LogP contribution in [0.5, 0.6) is 0 Å². The summed E-state index contributed by atoms with van der Waals surface area (Å²) in [6.45, 7) is 2.04. The van der Waals surface area contributed by atoms with Gasteiger partial charge in [-0.25, -0.2) is 4.79 Å². The number of nitrogens with zero attached hydrogens (tertiary/aromatic N) is 4. The second kappa shape index (κ2) is 4.62. The fraction of sp³-hybridized carbons (Fsp3) is 0.462. The highest BCUT2D eigenvalue weighted by molar-refractivity contribution is 5.95. The Hall–Kier alpha value is -1.95. The Bertz CT molecular complexity index is 622. The minimum absolute atomic E-state index is 0.368. The van der Waals surface area contributed by atoms with Crippen molar-refractivity contribution < 1.29 is 9.53 Å². The number of likely N-dealkylation sites (tertiary alicyclic amines) is 1. The van der Waals surface area contributed by atoms with Crippen LogP contribution < -0.4 is 0 Å². The molecule has 1 unspecified atom stereocenters. The minimum atomic E-state index is -0.381. The summed E-state index contributed by atoms with van der Waals surface area (Å²) in [5, 5.41) is 8.42. The molecule has 3 heterocycles. The van der Waals surface area contributed by atoms with Crippen molar-refractivity contribution in [1.82, 2.24) is 19.5 Å². The molecule has 1 atom stereocenters. The summed E-state index contributed by atoms with van der Waals surface area (Å²) in [6, 6.07) is 3.53. The number of aromatic nitrogens is 3. The van der Waals surface area contributed by atoms with Crippen LogP contribution in [0.4, 0.5) is 0 Å². The highest BCUT2D eigenvalue weighted by Gasteiger charge is 2.26. The van der Waals surface area contributed by atoms with Crippen molar-refractivity contribution in [1.29, 1.82) is 0 Å². The van der Waals surface area contributed by atoms with Gasteiger partial charge in [0.1, 0.15) is 11.4 Å². The van der Waals surface area contributed by atoms with Gasteiger partial charge in [-0.15, -0.1) is 10.2 Å². The predicted molar refractivity (Wildman–Crippen MR) is 69.2 cm³/mol. The van der Waals surface area contributed by atoms with Crippen molar-refractivity contribution >= 4 is 11.6 Å². The third-order valence-corrected chi connectivity index (χ3v) is 3.62.